The van der Waals surface area contributed by atoms with Crippen LogP contribution in [0.2, 0.25) is 0 Å². The molecule has 0 saturated carbocycles. The second-order valence-corrected chi connectivity index (χ2v) is 7.10. The predicted octanol–water partition coefficient (Wildman–Crippen LogP) is 2.56. The van der Waals surface area contributed by atoms with Gasteiger partial charge in [0, 0.05) is 54.7 Å². The molecule has 0 unspecified atom stereocenters. The molecule has 122 valence electrons. The second kappa shape index (κ2) is 7.92. The first-order chi connectivity index (χ1) is 11.0. The summed E-state index contributed by atoms with van der Waals surface area (Å²) in [4.78, 5) is 14.3. The highest BCUT2D eigenvalue weighted by atomic mass is 32.2. The minimum Gasteiger partial charge on any atom is -0.378 e. The SMILES string of the molecule is CN(C)c1ccc(CNC(=O)c2cccc(C[S@](C)=O)c2)cc1. The van der Waals surface area contributed by atoms with Crippen LogP contribution in [0.25, 0.3) is 0 Å². The quantitative estimate of drug-likeness (QED) is 0.885. The van der Waals surface area contributed by atoms with Gasteiger partial charge < -0.3 is 10.2 Å². The van der Waals surface area contributed by atoms with Crippen molar-refractivity contribution in [3.63, 3.8) is 0 Å². The molecule has 0 fully saturated rings. The predicted molar refractivity (Wildman–Crippen MR) is 96.2 cm³/mol. The number of anilines is 1. The average Bonchev–Trinajstić information content (AvgIpc) is 2.52. The maximum Gasteiger partial charge on any atom is 0.251 e. The number of hydrogen-bond acceptors (Lipinski definition) is 3. The minimum atomic E-state index is -0.913. The van der Waals surface area contributed by atoms with E-state index in [0.29, 0.717) is 17.9 Å². The van der Waals surface area contributed by atoms with Gasteiger partial charge in [0.15, 0.2) is 0 Å². The van der Waals surface area contributed by atoms with E-state index in [0.717, 1.165) is 16.8 Å². The van der Waals surface area contributed by atoms with Crippen LogP contribution in [0.3, 0.4) is 0 Å². The molecule has 1 N–H and O–H groups in total. The van der Waals surface area contributed by atoms with Gasteiger partial charge in [-0.1, -0.05) is 24.3 Å². The summed E-state index contributed by atoms with van der Waals surface area (Å²) in [6.07, 6.45) is 1.66. The summed E-state index contributed by atoms with van der Waals surface area (Å²) in [7, 11) is 3.07. The Hall–Kier alpha value is -2.14. The molecule has 0 aliphatic carbocycles. The third-order valence-corrected chi connectivity index (χ3v) is 4.20. The molecule has 0 spiro atoms. The fourth-order valence-corrected chi connectivity index (χ4v) is 2.88. The molecule has 0 bridgehead atoms. The molecular weight excluding hydrogens is 308 g/mol. The highest BCUT2D eigenvalue weighted by Crippen LogP contribution is 2.12. The molecule has 0 aromatic heterocycles. The molecule has 23 heavy (non-hydrogen) atoms. The summed E-state index contributed by atoms with van der Waals surface area (Å²) in [5.41, 5.74) is 3.68. The second-order valence-electron chi connectivity index (χ2n) is 5.66. The van der Waals surface area contributed by atoms with Crippen LogP contribution in [0.1, 0.15) is 21.5 Å². The van der Waals surface area contributed by atoms with E-state index >= 15 is 0 Å². The summed E-state index contributed by atoms with van der Waals surface area (Å²) in [6, 6.07) is 15.3. The van der Waals surface area contributed by atoms with Crippen LogP contribution in [0.15, 0.2) is 48.5 Å². The van der Waals surface area contributed by atoms with E-state index in [2.05, 4.69) is 5.32 Å². The number of benzene rings is 2. The number of carbonyl (C=O) groups is 1. The Bertz CT molecular complexity index is 696. The van der Waals surface area contributed by atoms with Gasteiger partial charge in [-0.3, -0.25) is 9.00 Å². The molecule has 1 amide bonds. The normalized spacial score (nSPS) is 11.8. The van der Waals surface area contributed by atoms with Gasteiger partial charge in [0.2, 0.25) is 0 Å². The Balaban J connectivity index is 1.97. The van der Waals surface area contributed by atoms with Crippen molar-refractivity contribution < 1.29 is 9.00 Å². The van der Waals surface area contributed by atoms with Crippen molar-refractivity contribution in [2.45, 2.75) is 12.3 Å². The van der Waals surface area contributed by atoms with Crippen LogP contribution >= 0.6 is 0 Å². The van der Waals surface area contributed by atoms with Crippen LogP contribution in [-0.4, -0.2) is 30.5 Å². The van der Waals surface area contributed by atoms with E-state index in [4.69, 9.17) is 0 Å². The number of hydrogen-bond donors (Lipinski definition) is 1. The lowest BCUT2D eigenvalue weighted by molar-refractivity contribution is 0.0951. The topological polar surface area (TPSA) is 49.4 Å². The van der Waals surface area contributed by atoms with Gasteiger partial charge in [0.1, 0.15) is 0 Å². The van der Waals surface area contributed by atoms with E-state index in [1.807, 2.05) is 55.4 Å². The van der Waals surface area contributed by atoms with Crippen molar-refractivity contribution in [3.8, 4) is 0 Å². The Morgan fingerprint density at radius 3 is 2.39 bits per heavy atom. The lowest BCUT2D eigenvalue weighted by Crippen LogP contribution is -2.23. The third kappa shape index (κ3) is 5.21. The first-order valence-corrected chi connectivity index (χ1v) is 9.12. The van der Waals surface area contributed by atoms with Crippen molar-refractivity contribution in [3.05, 3.63) is 65.2 Å². The fraction of sp³-hybridized carbons (Fsp3) is 0.278. The maximum absolute atomic E-state index is 12.2. The fourth-order valence-electron chi connectivity index (χ4n) is 2.23. The van der Waals surface area contributed by atoms with Crippen LogP contribution in [0.4, 0.5) is 5.69 Å². The van der Waals surface area contributed by atoms with Crippen LogP contribution < -0.4 is 10.2 Å². The number of nitrogens with one attached hydrogen (secondary N) is 1. The zero-order chi connectivity index (χ0) is 16.8. The van der Waals surface area contributed by atoms with E-state index < -0.39 is 10.8 Å². The summed E-state index contributed by atoms with van der Waals surface area (Å²) in [6.45, 7) is 0.483. The smallest absolute Gasteiger partial charge is 0.251 e. The summed E-state index contributed by atoms with van der Waals surface area (Å²) >= 11 is 0. The molecule has 0 radical (unpaired) electrons. The van der Waals surface area contributed by atoms with Crippen LogP contribution in [0, 0.1) is 0 Å². The molecular formula is C18H22N2O2S. The lowest BCUT2D eigenvalue weighted by Gasteiger charge is -2.13. The Kier molecular flexibility index (Phi) is 5.93. The number of amides is 1. The molecule has 0 saturated heterocycles. The summed E-state index contributed by atoms with van der Waals surface area (Å²) in [5, 5.41) is 2.92. The highest BCUT2D eigenvalue weighted by Gasteiger charge is 2.07. The van der Waals surface area contributed by atoms with Gasteiger partial charge in [-0.2, -0.15) is 0 Å². The van der Waals surface area contributed by atoms with Gasteiger partial charge in [-0.25, -0.2) is 0 Å². The zero-order valence-electron chi connectivity index (χ0n) is 13.7. The van der Waals surface area contributed by atoms with Crippen LogP contribution in [-0.2, 0) is 23.1 Å². The van der Waals surface area contributed by atoms with Crippen molar-refractivity contribution in [1.82, 2.24) is 5.32 Å². The molecule has 0 aliphatic heterocycles. The molecule has 5 heteroatoms. The standard InChI is InChI=1S/C18H22N2O2S/c1-20(2)17-9-7-14(8-10-17)12-19-18(21)16-6-4-5-15(11-16)13-23(3)22/h4-11H,12-13H2,1-3H3,(H,19,21)/t23-/m0/s1. The van der Waals surface area contributed by atoms with Crippen molar-refractivity contribution in [1.29, 1.82) is 0 Å². The highest BCUT2D eigenvalue weighted by molar-refractivity contribution is 7.83. The lowest BCUT2D eigenvalue weighted by atomic mass is 10.1. The molecule has 0 aliphatic rings. The monoisotopic (exact) mass is 330 g/mol. The van der Waals surface area contributed by atoms with Crippen molar-refractivity contribution in [2.24, 2.45) is 0 Å². The van der Waals surface area contributed by atoms with Crippen molar-refractivity contribution >= 4 is 22.4 Å². The van der Waals surface area contributed by atoms with Gasteiger partial charge in [0.25, 0.3) is 5.91 Å². The number of rotatable bonds is 6. The van der Waals surface area contributed by atoms with E-state index in [1.54, 1.807) is 18.4 Å². The first-order valence-electron chi connectivity index (χ1n) is 7.39. The zero-order valence-corrected chi connectivity index (χ0v) is 14.5. The van der Waals surface area contributed by atoms with Crippen molar-refractivity contribution in [2.75, 3.05) is 25.3 Å². The van der Waals surface area contributed by atoms with Gasteiger partial charge in [-0.05, 0) is 35.4 Å². The molecule has 4 nitrogen and oxygen atoms in total. The average molecular weight is 330 g/mol. The first kappa shape index (κ1) is 17.2. The maximum atomic E-state index is 12.2. The molecule has 2 aromatic rings. The van der Waals surface area contributed by atoms with E-state index in [-0.39, 0.29) is 5.91 Å². The largest absolute Gasteiger partial charge is 0.378 e. The van der Waals surface area contributed by atoms with E-state index in [1.165, 1.54) is 0 Å². The minimum absolute atomic E-state index is 0.120. The van der Waals surface area contributed by atoms with Gasteiger partial charge in [-0.15, -0.1) is 0 Å². The molecule has 0 heterocycles. The number of nitrogens with zero attached hydrogens (tertiary/aromatic N) is 1. The Morgan fingerprint density at radius 2 is 1.78 bits per heavy atom. The summed E-state index contributed by atoms with van der Waals surface area (Å²) < 4.78 is 11.3. The van der Waals surface area contributed by atoms with Gasteiger partial charge in [0.05, 0.1) is 0 Å². The third-order valence-electron chi connectivity index (χ3n) is 3.46. The molecule has 1 atom stereocenters. The Morgan fingerprint density at radius 1 is 1.09 bits per heavy atom. The summed E-state index contributed by atoms with van der Waals surface area (Å²) in [5.74, 6) is 0.345. The van der Waals surface area contributed by atoms with Gasteiger partial charge >= 0.3 is 0 Å². The van der Waals surface area contributed by atoms with Crippen LogP contribution in [0.5, 0.6) is 0 Å². The number of carbonyl (C=O) groups excluding carboxylic acids is 1. The molecule has 2 aromatic carbocycles. The Labute approximate surface area is 140 Å². The van der Waals surface area contributed by atoms with E-state index in [9.17, 15) is 9.00 Å². The molecule has 2 rings (SSSR count).